The van der Waals surface area contributed by atoms with Crippen molar-refractivity contribution in [1.29, 1.82) is 5.26 Å². The molecule has 3 aromatic rings. The molecular formula is C20H16N2O4. The van der Waals surface area contributed by atoms with Crippen LogP contribution in [0.4, 0.5) is 0 Å². The van der Waals surface area contributed by atoms with Crippen LogP contribution >= 0.6 is 0 Å². The van der Waals surface area contributed by atoms with E-state index in [4.69, 9.17) is 14.4 Å². The summed E-state index contributed by atoms with van der Waals surface area (Å²) in [7, 11) is 0. The average molecular weight is 348 g/mol. The minimum atomic E-state index is -0.441. The first kappa shape index (κ1) is 17.2. The molecule has 26 heavy (non-hydrogen) atoms. The zero-order valence-corrected chi connectivity index (χ0v) is 14.1. The summed E-state index contributed by atoms with van der Waals surface area (Å²) in [6, 6.07) is 16.9. The van der Waals surface area contributed by atoms with E-state index in [1.54, 1.807) is 48.5 Å². The van der Waals surface area contributed by atoms with E-state index in [-0.39, 0.29) is 18.6 Å². The molecule has 3 rings (SSSR count). The number of hydrogen-bond acceptors (Lipinski definition) is 5. The molecule has 1 aromatic heterocycles. The molecule has 1 unspecified atom stereocenters. The quantitative estimate of drug-likeness (QED) is 0.716. The van der Waals surface area contributed by atoms with Gasteiger partial charge in [0.2, 0.25) is 0 Å². The number of ether oxygens (including phenoxy) is 1. The highest BCUT2D eigenvalue weighted by atomic mass is 16.5. The first-order valence-corrected chi connectivity index (χ1v) is 8.01. The summed E-state index contributed by atoms with van der Waals surface area (Å²) in [5, 5.41) is 12.4. The first-order valence-electron chi connectivity index (χ1n) is 8.01. The van der Waals surface area contributed by atoms with E-state index >= 15 is 0 Å². The van der Waals surface area contributed by atoms with Crippen LogP contribution in [-0.4, -0.2) is 12.5 Å². The van der Waals surface area contributed by atoms with Crippen LogP contribution in [0.15, 0.2) is 63.8 Å². The van der Waals surface area contributed by atoms with Gasteiger partial charge in [0.25, 0.3) is 5.91 Å². The molecule has 2 aromatic carbocycles. The number of carbonyl (C=O) groups is 1. The molecule has 0 radical (unpaired) electrons. The van der Waals surface area contributed by atoms with Crippen molar-refractivity contribution in [2.24, 2.45) is 0 Å². The summed E-state index contributed by atoms with van der Waals surface area (Å²) in [6.45, 7) is 1.69. The van der Waals surface area contributed by atoms with E-state index in [1.807, 2.05) is 6.92 Å². The number of carbonyl (C=O) groups excluding carboxylic acids is 1. The number of benzene rings is 2. The van der Waals surface area contributed by atoms with Crippen molar-refractivity contribution in [3.05, 3.63) is 76.1 Å². The van der Waals surface area contributed by atoms with Gasteiger partial charge in [-0.3, -0.25) is 4.79 Å². The van der Waals surface area contributed by atoms with Crippen molar-refractivity contribution in [3.8, 4) is 11.8 Å². The van der Waals surface area contributed by atoms with Gasteiger partial charge in [-0.25, -0.2) is 4.79 Å². The molecule has 0 bridgehead atoms. The van der Waals surface area contributed by atoms with Crippen LogP contribution in [0.5, 0.6) is 5.75 Å². The van der Waals surface area contributed by atoms with E-state index in [1.165, 1.54) is 6.07 Å². The molecule has 0 aliphatic carbocycles. The van der Waals surface area contributed by atoms with E-state index in [2.05, 4.69) is 11.4 Å². The maximum Gasteiger partial charge on any atom is 0.336 e. The standard InChI is InChI=1S/C20H16N2O4/c1-13(15-4-2-14(11-21)3-5-15)22-19(23)12-25-17-8-6-16-7-9-20(24)26-18(16)10-17/h2-10,13H,12H2,1H3,(H,22,23). The van der Waals surface area contributed by atoms with Gasteiger partial charge in [0.05, 0.1) is 17.7 Å². The minimum Gasteiger partial charge on any atom is -0.484 e. The zero-order valence-electron chi connectivity index (χ0n) is 14.1. The molecule has 0 fully saturated rings. The van der Waals surface area contributed by atoms with Crippen LogP contribution in [0.25, 0.3) is 11.0 Å². The first-order chi connectivity index (χ1) is 12.5. The Kier molecular flexibility index (Phi) is 4.99. The van der Waals surface area contributed by atoms with E-state index in [0.717, 1.165) is 10.9 Å². The van der Waals surface area contributed by atoms with Gasteiger partial charge < -0.3 is 14.5 Å². The number of hydrogen-bond donors (Lipinski definition) is 1. The van der Waals surface area contributed by atoms with Crippen molar-refractivity contribution in [2.75, 3.05) is 6.61 Å². The Balaban J connectivity index is 1.59. The molecule has 6 heteroatoms. The molecule has 1 amide bonds. The lowest BCUT2D eigenvalue weighted by Crippen LogP contribution is -2.31. The average Bonchev–Trinajstić information content (AvgIpc) is 2.66. The Morgan fingerprint density at radius 1 is 1.19 bits per heavy atom. The highest BCUT2D eigenvalue weighted by Gasteiger charge is 2.10. The lowest BCUT2D eigenvalue weighted by atomic mass is 10.1. The Morgan fingerprint density at radius 3 is 2.65 bits per heavy atom. The lowest BCUT2D eigenvalue weighted by Gasteiger charge is -2.15. The normalized spacial score (nSPS) is 11.5. The second-order valence-electron chi connectivity index (χ2n) is 5.77. The molecule has 1 atom stereocenters. The fourth-order valence-corrected chi connectivity index (χ4v) is 2.49. The van der Waals surface area contributed by atoms with Gasteiger partial charge in [-0.15, -0.1) is 0 Å². The van der Waals surface area contributed by atoms with Crippen molar-refractivity contribution < 1.29 is 13.9 Å². The zero-order chi connectivity index (χ0) is 18.5. The smallest absolute Gasteiger partial charge is 0.336 e. The van der Waals surface area contributed by atoms with Crippen LogP contribution in [0.1, 0.15) is 24.1 Å². The van der Waals surface area contributed by atoms with Crippen LogP contribution in [0, 0.1) is 11.3 Å². The number of rotatable bonds is 5. The maximum absolute atomic E-state index is 12.1. The second-order valence-corrected chi connectivity index (χ2v) is 5.77. The second kappa shape index (κ2) is 7.53. The van der Waals surface area contributed by atoms with Gasteiger partial charge in [0.15, 0.2) is 6.61 Å². The van der Waals surface area contributed by atoms with E-state index < -0.39 is 5.63 Å². The Morgan fingerprint density at radius 2 is 1.92 bits per heavy atom. The topological polar surface area (TPSA) is 92.3 Å². The predicted octanol–water partition coefficient (Wildman–Crippen LogP) is 2.92. The minimum absolute atomic E-state index is 0.164. The monoisotopic (exact) mass is 348 g/mol. The third-order valence-electron chi connectivity index (χ3n) is 3.88. The van der Waals surface area contributed by atoms with Crippen LogP contribution in [0.2, 0.25) is 0 Å². The summed E-state index contributed by atoms with van der Waals surface area (Å²) < 4.78 is 10.6. The molecule has 0 aliphatic rings. The molecule has 0 spiro atoms. The van der Waals surface area contributed by atoms with Gasteiger partial charge in [0.1, 0.15) is 11.3 Å². The molecule has 0 saturated heterocycles. The largest absolute Gasteiger partial charge is 0.484 e. The Hall–Kier alpha value is -3.59. The lowest BCUT2D eigenvalue weighted by molar-refractivity contribution is -0.123. The van der Waals surface area contributed by atoms with Crippen LogP contribution < -0.4 is 15.7 Å². The summed E-state index contributed by atoms with van der Waals surface area (Å²) in [4.78, 5) is 23.3. The van der Waals surface area contributed by atoms with Crippen molar-refractivity contribution in [2.45, 2.75) is 13.0 Å². The van der Waals surface area contributed by atoms with Crippen molar-refractivity contribution in [1.82, 2.24) is 5.32 Å². The van der Waals surface area contributed by atoms with E-state index in [0.29, 0.717) is 16.9 Å². The van der Waals surface area contributed by atoms with Crippen LogP contribution in [0.3, 0.4) is 0 Å². The summed E-state index contributed by atoms with van der Waals surface area (Å²) >= 11 is 0. The fourth-order valence-electron chi connectivity index (χ4n) is 2.49. The van der Waals surface area contributed by atoms with Gasteiger partial charge in [-0.1, -0.05) is 12.1 Å². The summed E-state index contributed by atoms with van der Waals surface area (Å²) in [6.07, 6.45) is 0. The Bertz CT molecular complexity index is 1030. The molecule has 130 valence electrons. The van der Waals surface area contributed by atoms with E-state index in [9.17, 15) is 9.59 Å². The number of nitrogens with zero attached hydrogens (tertiary/aromatic N) is 1. The number of fused-ring (bicyclic) bond motifs is 1. The van der Waals surface area contributed by atoms with Gasteiger partial charge in [-0.05, 0) is 42.8 Å². The van der Waals surface area contributed by atoms with Gasteiger partial charge in [0, 0.05) is 17.5 Å². The fraction of sp³-hybridized carbons (Fsp3) is 0.150. The molecule has 0 saturated carbocycles. The summed E-state index contributed by atoms with van der Waals surface area (Å²) in [5.74, 6) is 0.157. The molecule has 6 nitrogen and oxygen atoms in total. The Labute approximate surface area is 149 Å². The number of nitrogens with one attached hydrogen (secondary N) is 1. The van der Waals surface area contributed by atoms with Gasteiger partial charge in [-0.2, -0.15) is 5.26 Å². The number of amides is 1. The highest BCUT2D eigenvalue weighted by molar-refractivity contribution is 5.79. The number of nitriles is 1. The third-order valence-corrected chi connectivity index (χ3v) is 3.88. The maximum atomic E-state index is 12.1. The molecule has 1 N–H and O–H groups in total. The van der Waals surface area contributed by atoms with Crippen molar-refractivity contribution >= 4 is 16.9 Å². The highest BCUT2D eigenvalue weighted by Crippen LogP contribution is 2.19. The third kappa shape index (κ3) is 4.08. The van der Waals surface area contributed by atoms with Crippen molar-refractivity contribution in [3.63, 3.8) is 0 Å². The van der Waals surface area contributed by atoms with Crippen LogP contribution in [-0.2, 0) is 4.79 Å². The SMILES string of the molecule is CC(NC(=O)COc1ccc2ccc(=O)oc2c1)c1ccc(C#N)cc1. The molecular weight excluding hydrogens is 332 g/mol. The molecule has 1 heterocycles. The predicted molar refractivity (Wildman–Crippen MR) is 95.7 cm³/mol. The summed E-state index contributed by atoms with van der Waals surface area (Å²) in [5.41, 5.74) is 1.42. The molecule has 0 aliphatic heterocycles. The van der Waals surface area contributed by atoms with Gasteiger partial charge >= 0.3 is 5.63 Å².